The largest absolute Gasteiger partial charge is 0.393 e. The van der Waals surface area contributed by atoms with Gasteiger partial charge < -0.3 is 4.98 Å². The summed E-state index contributed by atoms with van der Waals surface area (Å²) in [4.78, 5) is 28.5. The normalized spacial score (nSPS) is 19.8. The summed E-state index contributed by atoms with van der Waals surface area (Å²) in [5.74, 6) is -1.78. The van der Waals surface area contributed by atoms with E-state index in [9.17, 15) is 22.8 Å². The predicted octanol–water partition coefficient (Wildman–Crippen LogP) is 3.29. The van der Waals surface area contributed by atoms with Gasteiger partial charge in [0, 0.05) is 17.8 Å². The Labute approximate surface area is 133 Å². The predicted molar refractivity (Wildman–Crippen MR) is 79.8 cm³/mol. The van der Waals surface area contributed by atoms with Crippen molar-refractivity contribution in [1.29, 1.82) is 0 Å². The first-order chi connectivity index (χ1) is 10.6. The van der Waals surface area contributed by atoms with Crippen LogP contribution in [0.15, 0.2) is 0 Å². The number of alkyl halides is 3. The summed E-state index contributed by atoms with van der Waals surface area (Å²) in [5.41, 5.74) is 2.00. The summed E-state index contributed by atoms with van der Waals surface area (Å²) < 4.78 is 38.5. The number of piperidine rings is 1. The highest BCUT2D eigenvalue weighted by Crippen LogP contribution is 2.33. The molecule has 1 saturated heterocycles. The second-order valence-corrected chi connectivity index (χ2v) is 6.22. The van der Waals surface area contributed by atoms with Crippen molar-refractivity contribution in [3.63, 3.8) is 0 Å². The highest BCUT2D eigenvalue weighted by molar-refractivity contribution is 6.03. The van der Waals surface area contributed by atoms with Gasteiger partial charge in [0.2, 0.25) is 0 Å². The molecular formula is C16H21F3N2O2. The van der Waals surface area contributed by atoms with Gasteiger partial charge in [0.15, 0.2) is 11.6 Å². The Balaban J connectivity index is 2.11. The number of hydrogen-bond acceptors (Lipinski definition) is 3. The smallest absolute Gasteiger partial charge is 0.355 e. The Hall–Kier alpha value is -1.63. The van der Waals surface area contributed by atoms with E-state index in [4.69, 9.17) is 0 Å². The van der Waals surface area contributed by atoms with Crippen LogP contribution in [0.1, 0.15) is 51.9 Å². The van der Waals surface area contributed by atoms with Gasteiger partial charge in [-0.15, -0.1) is 0 Å². The molecule has 0 saturated carbocycles. The van der Waals surface area contributed by atoms with Gasteiger partial charge in [0.25, 0.3) is 0 Å². The Morgan fingerprint density at radius 3 is 2.48 bits per heavy atom. The lowest BCUT2D eigenvalue weighted by Crippen LogP contribution is -2.43. The van der Waals surface area contributed by atoms with Gasteiger partial charge in [0.1, 0.15) is 0 Å². The lowest BCUT2D eigenvalue weighted by molar-refractivity contribution is -0.186. The maximum absolute atomic E-state index is 12.8. The molecule has 1 aliphatic heterocycles. The summed E-state index contributed by atoms with van der Waals surface area (Å²) in [5, 5.41) is 0. The summed E-state index contributed by atoms with van der Waals surface area (Å²) in [7, 11) is 0. The van der Waals surface area contributed by atoms with Crippen molar-refractivity contribution in [2.75, 3.05) is 19.6 Å². The minimum Gasteiger partial charge on any atom is -0.355 e. The summed E-state index contributed by atoms with van der Waals surface area (Å²) in [6, 6.07) is 0. The van der Waals surface area contributed by atoms with Crippen LogP contribution in [0.4, 0.5) is 13.2 Å². The number of nitrogens with one attached hydrogen (secondary N) is 1. The molecule has 2 heterocycles. The molecule has 1 N–H and O–H groups in total. The molecule has 0 amide bonds. The quantitative estimate of drug-likeness (QED) is 0.862. The number of hydrogen-bond donors (Lipinski definition) is 1. The Kier molecular flexibility index (Phi) is 4.98. The van der Waals surface area contributed by atoms with Crippen LogP contribution in [-0.2, 0) is 0 Å². The average molecular weight is 330 g/mol. The van der Waals surface area contributed by atoms with Crippen LogP contribution in [0.3, 0.4) is 0 Å². The van der Waals surface area contributed by atoms with Crippen LogP contribution >= 0.6 is 0 Å². The van der Waals surface area contributed by atoms with Crippen molar-refractivity contribution in [3.8, 4) is 0 Å². The molecule has 0 spiro atoms. The minimum atomic E-state index is -4.22. The number of aryl methyl sites for hydroxylation is 1. The third-order valence-electron chi connectivity index (χ3n) is 4.40. The van der Waals surface area contributed by atoms with E-state index in [1.165, 1.54) is 6.92 Å². The van der Waals surface area contributed by atoms with E-state index in [1.807, 2.05) is 0 Å². The number of likely N-dealkylation sites (tertiary alicyclic amines) is 1. The van der Waals surface area contributed by atoms with Crippen molar-refractivity contribution < 1.29 is 22.8 Å². The molecule has 0 unspecified atom stereocenters. The number of halogens is 3. The molecule has 0 aromatic carbocycles. The lowest BCUT2D eigenvalue weighted by atomic mass is 9.97. The van der Waals surface area contributed by atoms with Gasteiger partial charge in [-0.25, -0.2) is 0 Å². The molecule has 1 aliphatic rings. The van der Waals surface area contributed by atoms with Crippen molar-refractivity contribution in [2.24, 2.45) is 5.92 Å². The topological polar surface area (TPSA) is 53.2 Å². The maximum atomic E-state index is 12.8. The highest BCUT2D eigenvalue weighted by atomic mass is 19.4. The molecule has 2 rings (SSSR count). The first-order valence-corrected chi connectivity index (χ1v) is 7.63. The molecule has 1 aromatic heterocycles. The van der Waals surface area contributed by atoms with Gasteiger partial charge in [-0.3, -0.25) is 14.5 Å². The number of H-pyrrole nitrogens is 1. The third kappa shape index (κ3) is 3.83. The molecule has 0 bridgehead atoms. The zero-order valence-corrected chi connectivity index (χ0v) is 13.5. The molecule has 0 radical (unpaired) electrons. The highest BCUT2D eigenvalue weighted by Gasteiger charge is 2.42. The number of aromatic nitrogens is 1. The number of ketones is 2. The molecule has 23 heavy (non-hydrogen) atoms. The number of aromatic amines is 1. The van der Waals surface area contributed by atoms with E-state index < -0.39 is 12.1 Å². The average Bonchev–Trinajstić information content (AvgIpc) is 2.73. The Morgan fingerprint density at radius 2 is 1.96 bits per heavy atom. The van der Waals surface area contributed by atoms with E-state index in [0.717, 1.165) is 0 Å². The lowest BCUT2D eigenvalue weighted by Gasteiger charge is -2.33. The fourth-order valence-corrected chi connectivity index (χ4v) is 3.31. The van der Waals surface area contributed by atoms with Crippen molar-refractivity contribution in [2.45, 2.75) is 39.8 Å². The molecule has 128 valence electrons. The van der Waals surface area contributed by atoms with Crippen LogP contribution in [0.25, 0.3) is 0 Å². The first-order valence-electron chi connectivity index (χ1n) is 7.63. The van der Waals surface area contributed by atoms with Gasteiger partial charge in [-0.2, -0.15) is 13.2 Å². The molecular weight excluding hydrogens is 309 g/mol. The van der Waals surface area contributed by atoms with E-state index in [0.29, 0.717) is 35.5 Å². The van der Waals surface area contributed by atoms with Gasteiger partial charge in [0.05, 0.1) is 18.2 Å². The molecule has 0 aliphatic carbocycles. The third-order valence-corrected chi connectivity index (χ3v) is 4.40. The van der Waals surface area contributed by atoms with Crippen LogP contribution < -0.4 is 0 Å². The van der Waals surface area contributed by atoms with Crippen LogP contribution in [0.2, 0.25) is 0 Å². The summed E-state index contributed by atoms with van der Waals surface area (Å²) >= 11 is 0. The maximum Gasteiger partial charge on any atom is 0.393 e. The molecule has 4 nitrogen and oxygen atoms in total. The zero-order chi connectivity index (χ0) is 17.4. The van der Waals surface area contributed by atoms with Gasteiger partial charge in [-0.05, 0) is 45.7 Å². The number of carbonyl (C=O) groups excluding carboxylic acids is 2. The van der Waals surface area contributed by atoms with Crippen LogP contribution in [0, 0.1) is 19.8 Å². The number of rotatable bonds is 4. The zero-order valence-electron chi connectivity index (χ0n) is 13.5. The SMILES string of the molecule is CC(=O)c1c(C)[nH]c(C(=O)CN2CCC[C@H](C(F)(F)F)C2)c1C. The summed E-state index contributed by atoms with van der Waals surface area (Å²) in [6.45, 7) is 5.09. The van der Waals surface area contributed by atoms with E-state index in [1.54, 1.807) is 18.7 Å². The van der Waals surface area contributed by atoms with Crippen LogP contribution in [-0.4, -0.2) is 47.3 Å². The fraction of sp³-hybridized carbons (Fsp3) is 0.625. The Bertz CT molecular complexity index is 620. The van der Waals surface area contributed by atoms with Crippen molar-refractivity contribution in [1.82, 2.24) is 9.88 Å². The minimum absolute atomic E-state index is 0.0648. The van der Waals surface area contributed by atoms with Gasteiger partial charge >= 0.3 is 6.18 Å². The monoisotopic (exact) mass is 330 g/mol. The van der Waals surface area contributed by atoms with Crippen molar-refractivity contribution >= 4 is 11.6 Å². The van der Waals surface area contributed by atoms with Crippen LogP contribution in [0.5, 0.6) is 0 Å². The van der Waals surface area contributed by atoms with E-state index in [-0.39, 0.29) is 31.1 Å². The number of Topliss-reactive ketones (excluding diaryl/α,β-unsaturated/α-hetero) is 2. The van der Waals surface area contributed by atoms with E-state index >= 15 is 0 Å². The molecule has 1 aromatic rings. The number of carbonyl (C=O) groups is 2. The standard InChI is InChI=1S/C16H21F3N2O2/c1-9-14(11(3)22)10(2)20-15(9)13(23)8-21-6-4-5-12(7-21)16(17,18)19/h12,20H,4-8H2,1-3H3/t12-/m0/s1. The second-order valence-electron chi connectivity index (χ2n) is 6.22. The van der Waals surface area contributed by atoms with Gasteiger partial charge in [-0.1, -0.05) is 0 Å². The fourth-order valence-electron chi connectivity index (χ4n) is 3.31. The Morgan fingerprint density at radius 1 is 1.30 bits per heavy atom. The number of nitrogens with zero attached hydrogens (tertiary/aromatic N) is 1. The molecule has 1 fully saturated rings. The molecule has 7 heteroatoms. The first kappa shape index (κ1) is 17.7. The van der Waals surface area contributed by atoms with E-state index in [2.05, 4.69) is 4.98 Å². The summed E-state index contributed by atoms with van der Waals surface area (Å²) in [6.07, 6.45) is -3.68. The molecule has 1 atom stereocenters. The van der Waals surface area contributed by atoms with Crippen molar-refractivity contribution in [3.05, 3.63) is 22.5 Å². The second kappa shape index (κ2) is 6.47.